The van der Waals surface area contributed by atoms with Crippen LogP contribution in [0.3, 0.4) is 0 Å². The van der Waals surface area contributed by atoms with Gasteiger partial charge in [-0.1, -0.05) is 0 Å². The van der Waals surface area contributed by atoms with Gasteiger partial charge in [-0.3, -0.25) is 4.98 Å². The van der Waals surface area contributed by atoms with E-state index in [1.54, 1.807) is 11.3 Å². The highest BCUT2D eigenvalue weighted by molar-refractivity contribution is 7.09. The van der Waals surface area contributed by atoms with Crippen LogP contribution in [-0.4, -0.2) is 19.5 Å². The van der Waals surface area contributed by atoms with Crippen LogP contribution in [0.25, 0.3) is 11.2 Å². The molecule has 0 aliphatic carbocycles. The van der Waals surface area contributed by atoms with Gasteiger partial charge in [-0.25, -0.2) is 9.97 Å². The average Bonchev–Trinajstić information content (AvgIpc) is 2.98. The number of pyridine rings is 1. The van der Waals surface area contributed by atoms with Crippen LogP contribution in [0.2, 0.25) is 0 Å². The highest BCUT2D eigenvalue weighted by Crippen LogP contribution is 2.19. The van der Waals surface area contributed by atoms with Gasteiger partial charge >= 0.3 is 0 Å². The molecule has 0 saturated heterocycles. The summed E-state index contributed by atoms with van der Waals surface area (Å²) in [7, 11) is 0. The van der Waals surface area contributed by atoms with E-state index in [1.165, 1.54) is 4.88 Å². The second-order valence-corrected chi connectivity index (χ2v) is 5.25. The van der Waals surface area contributed by atoms with Gasteiger partial charge in [0.05, 0.1) is 17.9 Å². The first-order valence-electron chi connectivity index (χ1n) is 5.54. The third kappa shape index (κ3) is 2.00. The van der Waals surface area contributed by atoms with E-state index in [0.717, 1.165) is 29.2 Å². The van der Waals surface area contributed by atoms with Crippen molar-refractivity contribution < 1.29 is 0 Å². The number of alkyl halides is 1. The Labute approximate surface area is 113 Å². The van der Waals surface area contributed by atoms with Gasteiger partial charge in [0.25, 0.3) is 0 Å². The number of hydrogen-bond donors (Lipinski definition) is 0. The lowest BCUT2D eigenvalue weighted by atomic mass is 10.3. The maximum atomic E-state index is 5.96. The van der Waals surface area contributed by atoms with Gasteiger partial charge in [-0.2, -0.15) is 0 Å². The summed E-state index contributed by atoms with van der Waals surface area (Å²) >= 11 is 7.58. The molecule has 0 aliphatic rings. The van der Waals surface area contributed by atoms with Gasteiger partial charge < -0.3 is 4.57 Å². The largest absolute Gasteiger partial charge is 0.306 e. The van der Waals surface area contributed by atoms with Crippen LogP contribution >= 0.6 is 22.9 Å². The Morgan fingerprint density at radius 3 is 2.94 bits per heavy atom. The number of thiazole rings is 1. The normalized spacial score (nSPS) is 11.2. The number of imidazole rings is 1. The Hall–Kier alpha value is -1.46. The number of nitrogens with zero attached hydrogens (tertiary/aromatic N) is 4. The predicted molar refractivity (Wildman–Crippen MR) is 73.0 cm³/mol. The Morgan fingerprint density at radius 1 is 1.33 bits per heavy atom. The quantitative estimate of drug-likeness (QED) is 0.692. The lowest BCUT2D eigenvalue weighted by Crippen LogP contribution is -2.03. The first-order valence-corrected chi connectivity index (χ1v) is 6.95. The van der Waals surface area contributed by atoms with Crippen LogP contribution < -0.4 is 0 Å². The molecule has 0 spiro atoms. The molecular weight excluding hydrogens is 268 g/mol. The first-order chi connectivity index (χ1) is 8.78. The number of hydrogen-bond acceptors (Lipinski definition) is 4. The van der Waals surface area contributed by atoms with Gasteiger partial charge in [0.2, 0.25) is 0 Å². The van der Waals surface area contributed by atoms with Crippen molar-refractivity contribution in [2.75, 3.05) is 0 Å². The van der Waals surface area contributed by atoms with Gasteiger partial charge in [0, 0.05) is 16.8 Å². The SMILES string of the molecule is Cc1ccc2nc(CCl)n(Cc3cncs3)c2n1. The molecule has 18 heavy (non-hydrogen) atoms. The van der Waals surface area contributed by atoms with Crippen molar-refractivity contribution in [1.29, 1.82) is 0 Å². The highest BCUT2D eigenvalue weighted by atomic mass is 35.5. The number of rotatable bonds is 3. The summed E-state index contributed by atoms with van der Waals surface area (Å²) in [5, 5.41) is 0. The predicted octanol–water partition coefficient (Wildman–Crippen LogP) is 2.98. The van der Waals surface area contributed by atoms with Gasteiger partial charge in [0.1, 0.15) is 11.3 Å². The summed E-state index contributed by atoms with van der Waals surface area (Å²) in [6.07, 6.45) is 1.87. The number of aromatic nitrogens is 4. The van der Waals surface area contributed by atoms with Crippen LogP contribution in [0.5, 0.6) is 0 Å². The number of fused-ring (bicyclic) bond motifs is 1. The summed E-state index contributed by atoms with van der Waals surface area (Å²) in [4.78, 5) is 14.3. The van der Waals surface area contributed by atoms with Gasteiger partial charge in [-0.05, 0) is 19.1 Å². The van der Waals surface area contributed by atoms with Crippen LogP contribution in [0.4, 0.5) is 0 Å². The van der Waals surface area contributed by atoms with Crippen molar-refractivity contribution >= 4 is 34.1 Å². The summed E-state index contributed by atoms with van der Waals surface area (Å²) in [5.74, 6) is 1.23. The van der Waals surface area contributed by atoms with Gasteiger partial charge in [0.15, 0.2) is 5.65 Å². The molecule has 3 heterocycles. The summed E-state index contributed by atoms with van der Waals surface area (Å²) in [6, 6.07) is 3.95. The second kappa shape index (κ2) is 4.66. The fourth-order valence-electron chi connectivity index (χ4n) is 1.89. The van der Waals surface area contributed by atoms with Crippen LogP contribution in [0.1, 0.15) is 16.4 Å². The molecular formula is C12H11ClN4S. The molecule has 3 aromatic heterocycles. The average molecular weight is 279 g/mol. The maximum absolute atomic E-state index is 5.96. The molecule has 0 fully saturated rings. The molecule has 0 radical (unpaired) electrons. The fraction of sp³-hybridized carbons (Fsp3) is 0.250. The molecule has 0 saturated carbocycles. The van der Waals surface area contributed by atoms with E-state index in [2.05, 4.69) is 19.5 Å². The minimum Gasteiger partial charge on any atom is -0.306 e. The molecule has 92 valence electrons. The minimum atomic E-state index is 0.383. The Bertz CT molecular complexity index is 675. The molecule has 3 aromatic rings. The van der Waals surface area contributed by atoms with Crippen LogP contribution in [-0.2, 0) is 12.4 Å². The molecule has 0 unspecified atom stereocenters. The van der Waals surface area contributed by atoms with Crippen LogP contribution in [0.15, 0.2) is 23.8 Å². The summed E-state index contributed by atoms with van der Waals surface area (Å²) < 4.78 is 2.06. The van der Waals surface area contributed by atoms with Gasteiger partial charge in [-0.15, -0.1) is 22.9 Å². The summed E-state index contributed by atoms with van der Waals surface area (Å²) in [5.41, 5.74) is 4.59. The molecule has 0 N–H and O–H groups in total. The molecule has 6 heteroatoms. The van der Waals surface area contributed by atoms with E-state index in [0.29, 0.717) is 5.88 Å². The zero-order valence-corrected chi connectivity index (χ0v) is 11.4. The Balaban J connectivity index is 2.15. The van der Waals surface area contributed by atoms with E-state index in [-0.39, 0.29) is 0 Å². The van der Waals surface area contributed by atoms with Crippen molar-refractivity contribution in [2.24, 2.45) is 0 Å². The number of aryl methyl sites for hydroxylation is 1. The zero-order valence-electron chi connectivity index (χ0n) is 9.80. The van der Waals surface area contributed by atoms with Crippen LogP contribution in [0, 0.1) is 6.92 Å². The lowest BCUT2D eigenvalue weighted by molar-refractivity contribution is 0.778. The monoisotopic (exact) mass is 278 g/mol. The van der Waals surface area contributed by atoms with E-state index >= 15 is 0 Å². The Kier molecular flexibility index (Phi) is 3.01. The number of halogens is 1. The van der Waals surface area contributed by atoms with E-state index in [4.69, 9.17) is 11.6 Å². The molecule has 0 bridgehead atoms. The van der Waals surface area contributed by atoms with E-state index in [1.807, 2.05) is 30.8 Å². The van der Waals surface area contributed by atoms with Crippen molar-refractivity contribution in [3.63, 3.8) is 0 Å². The van der Waals surface area contributed by atoms with E-state index < -0.39 is 0 Å². The lowest BCUT2D eigenvalue weighted by Gasteiger charge is -2.04. The van der Waals surface area contributed by atoms with Crippen molar-refractivity contribution in [3.05, 3.63) is 40.2 Å². The maximum Gasteiger partial charge on any atom is 0.160 e. The molecule has 0 amide bonds. The topological polar surface area (TPSA) is 43.6 Å². The van der Waals surface area contributed by atoms with Crippen molar-refractivity contribution in [1.82, 2.24) is 19.5 Å². The molecule has 0 atom stereocenters. The molecule has 3 rings (SSSR count). The van der Waals surface area contributed by atoms with E-state index in [9.17, 15) is 0 Å². The molecule has 0 aliphatic heterocycles. The summed E-state index contributed by atoms with van der Waals surface area (Å²) in [6.45, 7) is 2.70. The third-order valence-corrected chi connectivity index (χ3v) is 3.73. The fourth-order valence-corrected chi connectivity index (χ4v) is 2.67. The Morgan fingerprint density at radius 2 is 2.22 bits per heavy atom. The first kappa shape index (κ1) is 11.6. The smallest absolute Gasteiger partial charge is 0.160 e. The minimum absolute atomic E-state index is 0.383. The molecule has 0 aromatic carbocycles. The third-order valence-electron chi connectivity index (χ3n) is 2.73. The van der Waals surface area contributed by atoms with Crippen molar-refractivity contribution in [3.8, 4) is 0 Å². The molecule has 4 nitrogen and oxygen atoms in total. The standard InChI is InChI=1S/C12H11ClN4S/c1-8-2-3-10-12(15-8)17(11(4-13)16-10)6-9-5-14-7-18-9/h2-3,5,7H,4,6H2,1H3. The zero-order chi connectivity index (χ0) is 12.5. The van der Waals surface area contributed by atoms with Crippen molar-refractivity contribution in [2.45, 2.75) is 19.3 Å². The highest BCUT2D eigenvalue weighted by Gasteiger charge is 2.12. The second-order valence-electron chi connectivity index (χ2n) is 4.01.